The van der Waals surface area contributed by atoms with Gasteiger partial charge in [0.1, 0.15) is 7.14 Å². The molecule has 1 unspecified atom stereocenters. The predicted molar refractivity (Wildman–Crippen MR) is 203 cm³/mol. The predicted octanol–water partition coefficient (Wildman–Crippen LogP) is 13.1. The SMILES string of the molecule is CCC/C(=C(/CCC)c1ccc2ccc3ccc4ccccc4c3c2c1)c1ccc2c(c1)C=CP2(=O)[C@@H]1C[C@@H](C)CC[C@H]1C(C)C. The zero-order valence-corrected chi connectivity index (χ0v) is 29.2. The molecule has 0 saturated heterocycles. The highest BCUT2D eigenvalue weighted by Crippen LogP contribution is 2.62. The highest BCUT2D eigenvalue weighted by Gasteiger charge is 2.44. The summed E-state index contributed by atoms with van der Waals surface area (Å²) in [4.78, 5) is 0. The zero-order chi connectivity index (χ0) is 32.0. The lowest BCUT2D eigenvalue weighted by Gasteiger charge is -2.40. The summed E-state index contributed by atoms with van der Waals surface area (Å²) in [5.74, 6) is 3.88. The number of benzene rings is 5. The summed E-state index contributed by atoms with van der Waals surface area (Å²) >= 11 is 0. The molecule has 2 aliphatic rings. The van der Waals surface area contributed by atoms with Crippen molar-refractivity contribution in [3.05, 3.63) is 107 Å². The van der Waals surface area contributed by atoms with Crippen molar-refractivity contribution in [1.29, 1.82) is 0 Å². The minimum atomic E-state index is -2.61. The van der Waals surface area contributed by atoms with Gasteiger partial charge in [-0.2, -0.15) is 0 Å². The molecule has 1 aliphatic carbocycles. The van der Waals surface area contributed by atoms with Crippen molar-refractivity contribution in [2.45, 2.75) is 85.2 Å². The molecule has 0 amide bonds. The normalized spacial score (nSPS) is 23.4. The molecule has 0 bridgehead atoms. The third kappa shape index (κ3) is 5.40. The minimum Gasteiger partial charge on any atom is -0.314 e. The van der Waals surface area contributed by atoms with Crippen LogP contribution in [0.15, 0.2) is 90.7 Å². The molecule has 5 aromatic carbocycles. The van der Waals surface area contributed by atoms with Gasteiger partial charge < -0.3 is 4.57 Å². The van der Waals surface area contributed by atoms with Gasteiger partial charge in [0.2, 0.25) is 0 Å². The maximum absolute atomic E-state index is 14.9. The van der Waals surface area contributed by atoms with E-state index in [0.29, 0.717) is 17.8 Å². The van der Waals surface area contributed by atoms with E-state index in [4.69, 9.17) is 0 Å². The molecule has 1 heterocycles. The van der Waals surface area contributed by atoms with Gasteiger partial charge in [0, 0.05) is 11.0 Å². The summed E-state index contributed by atoms with van der Waals surface area (Å²) in [6.07, 6.45) is 10.00. The Hall–Kier alpha value is -3.41. The Kier molecular flexibility index (Phi) is 8.58. The van der Waals surface area contributed by atoms with Crippen LogP contribution in [0.5, 0.6) is 0 Å². The van der Waals surface area contributed by atoms with Crippen LogP contribution in [0.3, 0.4) is 0 Å². The lowest BCUT2D eigenvalue weighted by Crippen LogP contribution is -2.34. The molecule has 1 saturated carbocycles. The summed E-state index contributed by atoms with van der Waals surface area (Å²) in [5.41, 5.74) is 6.97. The fourth-order valence-corrected chi connectivity index (χ4v) is 12.5. The highest BCUT2D eigenvalue weighted by atomic mass is 31.2. The van der Waals surface area contributed by atoms with Crippen molar-refractivity contribution >= 4 is 62.0 Å². The molecule has 7 rings (SSSR count). The van der Waals surface area contributed by atoms with Crippen LogP contribution in [-0.4, -0.2) is 5.66 Å². The molecule has 0 spiro atoms. The first kappa shape index (κ1) is 31.2. The third-order valence-corrected chi connectivity index (χ3v) is 14.5. The van der Waals surface area contributed by atoms with Crippen molar-refractivity contribution < 1.29 is 4.57 Å². The summed E-state index contributed by atoms with van der Waals surface area (Å²) in [5, 5.41) is 8.97. The average molecular weight is 625 g/mol. The molecule has 236 valence electrons. The van der Waals surface area contributed by atoms with Crippen LogP contribution >= 0.6 is 7.14 Å². The van der Waals surface area contributed by atoms with Crippen LogP contribution < -0.4 is 5.30 Å². The van der Waals surface area contributed by atoms with Gasteiger partial charge in [-0.1, -0.05) is 127 Å². The van der Waals surface area contributed by atoms with Gasteiger partial charge in [-0.3, -0.25) is 0 Å². The molecule has 1 aliphatic heterocycles. The van der Waals surface area contributed by atoms with Crippen LogP contribution in [-0.2, 0) is 4.57 Å². The van der Waals surface area contributed by atoms with E-state index in [-0.39, 0.29) is 5.66 Å². The summed E-state index contributed by atoms with van der Waals surface area (Å²) in [6.45, 7) is 11.6. The molecular weight excluding hydrogens is 575 g/mol. The lowest BCUT2D eigenvalue weighted by molar-refractivity contribution is 0.238. The second-order valence-electron chi connectivity index (χ2n) is 14.5. The second-order valence-corrected chi connectivity index (χ2v) is 17.4. The standard InChI is InChI=1S/C44H49OP/c1-6-10-38(34-21-23-42-36(27-34)24-25-46(42,45)43-26-30(5)14-22-37(43)29(3)4)39(11-7-2)35-20-17-32-16-19-33-18-15-31-12-8-9-13-40(31)44(33)41(32)28-35/h8-9,12-13,15-21,23-25,27-30,37,43H,6-7,10-11,14,22,26H2,1-5H3/b39-38+/t30-,37-,43+,46?/m0/s1. The van der Waals surface area contributed by atoms with Gasteiger partial charge in [-0.05, 0) is 128 Å². The summed E-state index contributed by atoms with van der Waals surface area (Å²) in [7, 11) is -2.61. The van der Waals surface area contributed by atoms with Crippen molar-refractivity contribution in [3.8, 4) is 0 Å². The second kappa shape index (κ2) is 12.7. The van der Waals surface area contributed by atoms with Gasteiger partial charge in [-0.15, -0.1) is 0 Å². The van der Waals surface area contributed by atoms with E-state index >= 15 is 0 Å². The van der Waals surface area contributed by atoms with E-state index in [2.05, 4.69) is 131 Å². The van der Waals surface area contributed by atoms with E-state index < -0.39 is 7.14 Å². The number of hydrogen-bond donors (Lipinski definition) is 0. The van der Waals surface area contributed by atoms with E-state index in [1.165, 1.54) is 73.0 Å². The largest absolute Gasteiger partial charge is 0.314 e. The Bertz CT molecular complexity index is 2040. The monoisotopic (exact) mass is 624 g/mol. The average Bonchev–Trinajstić information content (AvgIpc) is 3.42. The Morgan fingerprint density at radius 1 is 0.761 bits per heavy atom. The Labute approximate surface area is 276 Å². The maximum Gasteiger partial charge on any atom is 0.140 e. The summed E-state index contributed by atoms with van der Waals surface area (Å²) < 4.78 is 14.9. The first-order valence-corrected chi connectivity index (χ1v) is 19.7. The number of rotatable bonds is 8. The first-order chi connectivity index (χ1) is 22.3. The van der Waals surface area contributed by atoms with E-state index in [1.807, 2.05) is 0 Å². The van der Waals surface area contributed by atoms with E-state index in [0.717, 1.165) is 37.4 Å². The Balaban J connectivity index is 1.36. The molecule has 2 heteroatoms. The lowest BCUT2D eigenvalue weighted by atomic mass is 9.77. The van der Waals surface area contributed by atoms with Crippen molar-refractivity contribution in [2.24, 2.45) is 17.8 Å². The molecule has 1 nitrogen and oxygen atoms in total. The molecule has 0 N–H and O–H groups in total. The van der Waals surface area contributed by atoms with Crippen LogP contribution in [0.4, 0.5) is 0 Å². The quantitative estimate of drug-likeness (QED) is 0.0953. The molecule has 5 aromatic rings. The molecular formula is C44H49OP. The van der Waals surface area contributed by atoms with Gasteiger partial charge in [0.05, 0.1) is 0 Å². The topological polar surface area (TPSA) is 17.1 Å². The fraction of sp³-hybridized carbons (Fsp3) is 0.364. The van der Waals surface area contributed by atoms with Gasteiger partial charge in [0.25, 0.3) is 0 Å². The van der Waals surface area contributed by atoms with Crippen molar-refractivity contribution in [3.63, 3.8) is 0 Å². The zero-order valence-electron chi connectivity index (χ0n) is 28.4. The molecule has 0 aromatic heterocycles. The fourth-order valence-electron chi connectivity index (χ4n) is 8.80. The van der Waals surface area contributed by atoms with Crippen molar-refractivity contribution in [1.82, 2.24) is 0 Å². The molecule has 1 fully saturated rings. The van der Waals surface area contributed by atoms with Crippen molar-refractivity contribution in [2.75, 3.05) is 0 Å². The highest BCUT2D eigenvalue weighted by molar-refractivity contribution is 7.76. The van der Waals surface area contributed by atoms with Gasteiger partial charge in [0.15, 0.2) is 0 Å². The van der Waals surface area contributed by atoms with Crippen LogP contribution in [0.2, 0.25) is 0 Å². The number of allylic oxidation sites excluding steroid dienone is 2. The van der Waals surface area contributed by atoms with E-state index in [1.54, 1.807) is 0 Å². The van der Waals surface area contributed by atoms with Crippen LogP contribution in [0, 0.1) is 17.8 Å². The summed E-state index contributed by atoms with van der Waals surface area (Å²) in [6, 6.07) is 31.9. The molecule has 0 radical (unpaired) electrons. The van der Waals surface area contributed by atoms with E-state index in [9.17, 15) is 4.57 Å². The third-order valence-electron chi connectivity index (χ3n) is 11.1. The van der Waals surface area contributed by atoms with Crippen LogP contribution in [0.25, 0.3) is 49.5 Å². The van der Waals surface area contributed by atoms with Crippen LogP contribution in [0.1, 0.15) is 96.3 Å². The Morgan fingerprint density at radius 3 is 2.11 bits per heavy atom. The van der Waals surface area contributed by atoms with Gasteiger partial charge in [-0.25, -0.2) is 0 Å². The number of hydrogen-bond acceptors (Lipinski definition) is 1. The minimum absolute atomic E-state index is 0.268. The van der Waals surface area contributed by atoms with Gasteiger partial charge >= 0.3 is 0 Å². The number of fused-ring (bicyclic) bond motifs is 6. The molecule has 46 heavy (non-hydrogen) atoms. The molecule has 4 atom stereocenters. The maximum atomic E-state index is 14.9. The Morgan fingerprint density at radius 2 is 1.39 bits per heavy atom. The smallest absolute Gasteiger partial charge is 0.140 e. The first-order valence-electron chi connectivity index (χ1n) is 17.8.